The van der Waals surface area contributed by atoms with E-state index in [1.54, 1.807) is 12.1 Å². The van der Waals surface area contributed by atoms with E-state index in [4.69, 9.17) is 4.74 Å². The second kappa shape index (κ2) is 6.64. The molecule has 0 spiro atoms. The molecule has 0 aromatic heterocycles. The van der Waals surface area contributed by atoms with Crippen molar-refractivity contribution >= 4 is 11.7 Å². The van der Waals surface area contributed by atoms with Gasteiger partial charge in [0.1, 0.15) is 6.04 Å². The lowest BCUT2D eigenvalue weighted by Gasteiger charge is -2.21. The number of hydrogen-bond donors (Lipinski definition) is 1. The summed E-state index contributed by atoms with van der Waals surface area (Å²) in [6, 6.07) is 5.93. The lowest BCUT2D eigenvalue weighted by atomic mass is 10.1. The molecule has 0 aliphatic carbocycles. The van der Waals surface area contributed by atoms with E-state index in [9.17, 15) is 20.0 Å². The summed E-state index contributed by atoms with van der Waals surface area (Å²) in [7, 11) is 1.33. The first kappa shape index (κ1) is 15.4. The third kappa shape index (κ3) is 3.77. The minimum absolute atomic E-state index is 0.0581. The Hall–Kier alpha value is -1.99. The number of benzene rings is 1. The topological polar surface area (TPSA) is 92.9 Å². The summed E-state index contributed by atoms with van der Waals surface area (Å²) >= 11 is 0. The van der Waals surface area contributed by atoms with Crippen molar-refractivity contribution in [2.24, 2.45) is 0 Å². The molecule has 1 aliphatic rings. The number of non-ortho nitro benzene ring substituents is 1. The van der Waals surface area contributed by atoms with Crippen molar-refractivity contribution in [3.05, 3.63) is 39.9 Å². The van der Waals surface area contributed by atoms with Crippen LogP contribution in [0.15, 0.2) is 24.3 Å². The molecule has 1 fully saturated rings. The van der Waals surface area contributed by atoms with Gasteiger partial charge in [-0.1, -0.05) is 12.1 Å². The van der Waals surface area contributed by atoms with E-state index in [1.807, 2.05) is 4.90 Å². The van der Waals surface area contributed by atoms with Crippen LogP contribution in [0.5, 0.6) is 0 Å². The summed E-state index contributed by atoms with van der Waals surface area (Å²) in [6.45, 7) is 1.03. The Bertz CT molecular complexity index is 517. The van der Waals surface area contributed by atoms with Gasteiger partial charge in [-0.25, -0.2) is 0 Å². The van der Waals surface area contributed by atoms with Crippen molar-refractivity contribution in [3.63, 3.8) is 0 Å². The van der Waals surface area contributed by atoms with E-state index in [1.165, 1.54) is 19.2 Å². The van der Waals surface area contributed by atoms with Crippen molar-refractivity contribution in [1.82, 2.24) is 4.90 Å². The molecule has 1 aromatic carbocycles. The van der Waals surface area contributed by atoms with Gasteiger partial charge in [0.15, 0.2) is 0 Å². The molecule has 1 heterocycles. The molecule has 1 aliphatic heterocycles. The fourth-order valence-electron chi connectivity index (χ4n) is 2.56. The van der Waals surface area contributed by atoms with Gasteiger partial charge in [-0.2, -0.15) is 0 Å². The number of β-amino-alcohol motifs (C(OH)–C–C–N with tert-alkyl or cyclic N) is 1. The van der Waals surface area contributed by atoms with Crippen molar-refractivity contribution in [2.75, 3.05) is 20.2 Å². The molecule has 2 atom stereocenters. The molecule has 1 aromatic rings. The summed E-state index contributed by atoms with van der Waals surface area (Å²) in [5.41, 5.74) is 1.01. The van der Waals surface area contributed by atoms with E-state index in [-0.39, 0.29) is 11.7 Å². The number of ether oxygens (including phenoxy) is 1. The van der Waals surface area contributed by atoms with E-state index in [0.29, 0.717) is 25.9 Å². The predicted molar refractivity (Wildman–Crippen MR) is 74.8 cm³/mol. The van der Waals surface area contributed by atoms with Crippen LogP contribution in [0.1, 0.15) is 12.0 Å². The van der Waals surface area contributed by atoms with Crippen LogP contribution in [0.4, 0.5) is 5.69 Å². The molecule has 114 valence electrons. The number of carbonyl (C=O) groups is 1. The second-order valence-corrected chi connectivity index (χ2v) is 5.10. The quantitative estimate of drug-likeness (QED) is 0.489. The number of nitro benzene ring substituents is 1. The van der Waals surface area contributed by atoms with E-state index >= 15 is 0 Å². The minimum Gasteiger partial charge on any atom is -0.468 e. The number of carbonyl (C=O) groups excluding carboxylic acids is 1. The first-order valence-electron chi connectivity index (χ1n) is 6.74. The number of esters is 1. The fourth-order valence-corrected chi connectivity index (χ4v) is 2.56. The molecular formula is C14H18N2O5. The Kier molecular flexibility index (Phi) is 4.87. The van der Waals surface area contributed by atoms with Gasteiger partial charge >= 0.3 is 5.97 Å². The molecule has 7 heteroatoms. The number of aliphatic hydroxyl groups is 1. The standard InChI is InChI=1S/C14H18N2O5/c1-21-14(18)13-8-12(17)9-15(13)7-6-10-2-4-11(5-3-10)16(19)20/h2-5,12-13,17H,6-9H2,1H3. The van der Waals surface area contributed by atoms with Gasteiger partial charge in [-0.15, -0.1) is 0 Å². The average Bonchev–Trinajstić information content (AvgIpc) is 2.85. The number of nitrogens with zero attached hydrogens (tertiary/aromatic N) is 2. The lowest BCUT2D eigenvalue weighted by molar-refractivity contribution is -0.384. The zero-order chi connectivity index (χ0) is 15.4. The molecule has 1 N–H and O–H groups in total. The number of rotatable bonds is 5. The number of nitro groups is 1. The Labute approximate surface area is 122 Å². The SMILES string of the molecule is COC(=O)C1CC(O)CN1CCc1ccc([N+](=O)[O-])cc1. The van der Waals surface area contributed by atoms with Crippen molar-refractivity contribution < 1.29 is 19.6 Å². The van der Waals surface area contributed by atoms with Gasteiger partial charge in [0.2, 0.25) is 0 Å². The fraction of sp³-hybridized carbons (Fsp3) is 0.500. The zero-order valence-corrected chi connectivity index (χ0v) is 11.8. The molecule has 0 amide bonds. The van der Waals surface area contributed by atoms with Crippen molar-refractivity contribution in [3.8, 4) is 0 Å². The molecule has 7 nitrogen and oxygen atoms in total. The summed E-state index contributed by atoms with van der Waals surface area (Å²) in [4.78, 5) is 23.7. The first-order chi connectivity index (χ1) is 10.0. The van der Waals surface area contributed by atoms with E-state index < -0.39 is 17.1 Å². The maximum Gasteiger partial charge on any atom is 0.323 e. The van der Waals surface area contributed by atoms with Gasteiger partial charge in [0.05, 0.1) is 18.1 Å². The Morgan fingerprint density at radius 3 is 2.71 bits per heavy atom. The predicted octanol–water partition coefficient (Wildman–Crippen LogP) is 0.746. The van der Waals surface area contributed by atoms with Crippen LogP contribution < -0.4 is 0 Å². The van der Waals surface area contributed by atoms with Gasteiger partial charge in [-0.05, 0) is 12.0 Å². The summed E-state index contributed by atoms with van der Waals surface area (Å²) in [6.07, 6.45) is 0.511. The third-order valence-electron chi connectivity index (χ3n) is 3.69. The molecule has 0 bridgehead atoms. The molecule has 0 saturated carbocycles. The van der Waals surface area contributed by atoms with E-state index in [2.05, 4.69) is 0 Å². The van der Waals surface area contributed by atoms with Crippen LogP contribution in [-0.4, -0.2) is 53.2 Å². The zero-order valence-electron chi connectivity index (χ0n) is 11.8. The largest absolute Gasteiger partial charge is 0.468 e. The Morgan fingerprint density at radius 1 is 1.48 bits per heavy atom. The Morgan fingerprint density at radius 2 is 2.14 bits per heavy atom. The van der Waals surface area contributed by atoms with Crippen LogP contribution in [-0.2, 0) is 16.0 Å². The summed E-state index contributed by atoms with van der Waals surface area (Å²) < 4.78 is 4.74. The first-order valence-corrected chi connectivity index (χ1v) is 6.74. The maximum atomic E-state index is 11.7. The number of likely N-dealkylation sites (tertiary alicyclic amines) is 1. The van der Waals surface area contributed by atoms with Crippen LogP contribution in [0.3, 0.4) is 0 Å². The van der Waals surface area contributed by atoms with Crippen LogP contribution in [0.25, 0.3) is 0 Å². The smallest absolute Gasteiger partial charge is 0.323 e. The van der Waals surface area contributed by atoms with Gasteiger partial charge in [-0.3, -0.25) is 19.8 Å². The highest BCUT2D eigenvalue weighted by Gasteiger charge is 2.36. The van der Waals surface area contributed by atoms with Crippen LogP contribution in [0.2, 0.25) is 0 Å². The highest BCUT2D eigenvalue weighted by molar-refractivity contribution is 5.76. The van der Waals surface area contributed by atoms with Crippen molar-refractivity contribution in [1.29, 1.82) is 0 Å². The number of hydrogen-bond acceptors (Lipinski definition) is 6. The second-order valence-electron chi connectivity index (χ2n) is 5.10. The van der Waals surface area contributed by atoms with Crippen molar-refractivity contribution in [2.45, 2.75) is 25.0 Å². The van der Waals surface area contributed by atoms with Gasteiger partial charge in [0, 0.05) is 31.6 Å². The third-order valence-corrected chi connectivity index (χ3v) is 3.69. The molecule has 21 heavy (non-hydrogen) atoms. The molecule has 2 rings (SSSR count). The van der Waals surface area contributed by atoms with Gasteiger partial charge in [0.25, 0.3) is 5.69 Å². The summed E-state index contributed by atoms with van der Waals surface area (Å²) in [5.74, 6) is -0.338. The normalized spacial score (nSPS) is 22.2. The molecule has 0 radical (unpaired) electrons. The van der Waals surface area contributed by atoms with Crippen LogP contribution >= 0.6 is 0 Å². The maximum absolute atomic E-state index is 11.7. The number of aliphatic hydroxyl groups excluding tert-OH is 1. The molecular weight excluding hydrogens is 276 g/mol. The highest BCUT2D eigenvalue weighted by Crippen LogP contribution is 2.20. The van der Waals surface area contributed by atoms with E-state index in [0.717, 1.165) is 5.56 Å². The highest BCUT2D eigenvalue weighted by atomic mass is 16.6. The number of methoxy groups -OCH3 is 1. The lowest BCUT2D eigenvalue weighted by Crippen LogP contribution is -2.38. The molecule has 1 saturated heterocycles. The van der Waals surface area contributed by atoms with Gasteiger partial charge < -0.3 is 9.84 Å². The monoisotopic (exact) mass is 294 g/mol. The summed E-state index contributed by atoms with van der Waals surface area (Å²) in [5, 5.41) is 20.3. The Balaban J connectivity index is 1.95. The average molecular weight is 294 g/mol. The minimum atomic E-state index is -0.522. The van der Waals surface area contributed by atoms with Crippen LogP contribution in [0, 0.1) is 10.1 Å². The molecule has 2 unspecified atom stereocenters.